The van der Waals surface area contributed by atoms with Crippen molar-refractivity contribution in [3.63, 3.8) is 0 Å². The average molecular weight is 309 g/mol. The second-order valence-electron chi connectivity index (χ2n) is 3.79. The molecule has 2 rings (SSSR count). The Balaban J connectivity index is 1.81. The molecule has 106 valence electrons. The predicted octanol–water partition coefficient (Wildman–Crippen LogP) is 2.81. The molecule has 5 nitrogen and oxygen atoms in total. The number of hydrogen-bond acceptors (Lipinski definition) is 6. The number of benzene rings is 1. The lowest BCUT2D eigenvalue weighted by molar-refractivity contribution is -0.120. The van der Waals surface area contributed by atoms with Crippen LogP contribution in [-0.4, -0.2) is 29.3 Å². The summed E-state index contributed by atoms with van der Waals surface area (Å²) in [5.74, 6) is 0.536. The van der Waals surface area contributed by atoms with Crippen LogP contribution >= 0.6 is 23.1 Å². The maximum absolute atomic E-state index is 11.5. The molecule has 0 saturated heterocycles. The Hall–Kier alpha value is -1.44. The molecule has 1 aromatic heterocycles. The molecule has 1 aromatic carbocycles. The Morgan fingerprint density at radius 2 is 2.15 bits per heavy atom. The lowest BCUT2D eigenvalue weighted by Gasteiger charge is -2.00. The first-order chi connectivity index (χ1) is 9.78. The number of carbonyl (C=O) groups excluding carboxylic acids is 1. The number of anilines is 1. The molecule has 7 heteroatoms. The van der Waals surface area contributed by atoms with Crippen LogP contribution in [0.4, 0.5) is 5.13 Å². The third kappa shape index (κ3) is 4.92. The smallest absolute Gasteiger partial charge is 0.252 e. The summed E-state index contributed by atoms with van der Waals surface area (Å²) in [6.07, 6.45) is 0. The molecule has 0 aliphatic heterocycles. The summed E-state index contributed by atoms with van der Waals surface area (Å²) in [6.45, 7) is 2.41. The van der Waals surface area contributed by atoms with Crippen LogP contribution in [-0.2, 0) is 15.3 Å². The van der Waals surface area contributed by atoms with Crippen molar-refractivity contribution < 1.29 is 9.53 Å². The van der Waals surface area contributed by atoms with Gasteiger partial charge in [-0.1, -0.05) is 29.5 Å². The second-order valence-corrected chi connectivity index (χ2v) is 5.90. The van der Waals surface area contributed by atoms with Gasteiger partial charge in [0, 0.05) is 11.5 Å². The molecule has 0 spiro atoms. The van der Waals surface area contributed by atoms with Gasteiger partial charge in [-0.25, -0.2) is 0 Å². The monoisotopic (exact) mass is 309 g/mol. The molecule has 0 unspecified atom stereocenters. The number of rotatable bonds is 7. The molecular weight excluding hydrogens is 294 g/mol. The zero-order valence-electron chi connectivity index (χ0n) is 11.0. The number of nitrogens with zero attached hydrogens (tertiary/aromatic N) is 2. The summed E-state index contributed by atoms with van der Waals surface area (Å²) in [5, 5.41) is 12.1. The number of amides is 1. The van der Waals surface area contributed by atoms with Crippen LogP contribution in [0.2, 0.25) is 0 Å². The van der Waals surface area contributed by atoms with Crippen LogP contribution in [0.5, 0.6) is 0 Å². The first-order valence-corrected chi connectivity index (χ1v) is 7.96. The van der Waals surface area contributed by atoms with E-state index in [1.54, 1.807) is 11.8 Å². The first-order valence-electron chi connectivity index (χ1n) is 6.15. The fraction of sp³-hybridized carbons (Fsp3) is 0.308. The maximum Gasteiger partial charge on any atom is 0.252 e. The molecule has 0 atom stereocenters. The lowest BCUT2D eigenvalue weighted by Crippen LogP contribution is -2.17. The van der Waals surface area contributed by atoms with E-state index in [1.807, 2.05) is 25.1 Å². The van der Waals surface area contributed by atoms with Crippen molar-refractivity contribution in [2.24, 2.45) is 0 Å². The van der Waals surface area contributed by atoms with Gasteiger partial charge in [0.05, 0.1) is 5.75 Å². The van der Waals surface area contributed by atoms with Crippen molar-refractivity contribution in [3.8, 4) is 0 Å². The van der Waals surface area contributed by atoms with Gasteiger partial charge in [-0.3, -0.25) is 10.1 Å². The molecule has 0 aliphatic rings. The fourth-order valence-corrected chi connectivity index (χ4v) is 3.04. The van der Waals surface area contributed by atoms with Crippen LogP contribution in [0.1, 0.15) is 11.9 Å². The minimum atomic E-state index is -0.203. The van der Waals surface area contributed by atoms with Crippen molar-refractivity contribution in [1.29, 1.82) is 0 Å². The highest BCUT2D eigenvalue weighted by atomic mass is 32.2. The van der Waals surface area contributed by atoms with Gasteiger partial charge in [0.25, 0.3) is 5.91 Å². The number of thioether (sulfide) groups is 1. The highest BCUT2D eigenvalue weighted by molar-refractivity contribution is 7.98. The molecule has 1 heterocycles. The van der Waals surface area contributed by atoms with Crippen molar-refractivity contribution in [3.05, 3.63) is 35.3 Å². The van der Waals surface area contributed by atoms with E-state index in [2.05, 4.69) is 27.6 Å². The Labute approximate surface area is 125 Å². The predicted molar refractivity (Wildman–Crippen MR) is 81.0 cm³/mol. The molecular formula is C13H15N3O2S2. The standard InChI is InChI=1S/C13H15N3O2S2/c1-2-18-8-11(17)14-13-16-15-12(20-13)9-19-10-6-4-3-5-7-10/h3-7H,2,8-9H2,1H3,(H,14,16,17). The van der Waals surface area contributed by atoms with Crippen molar-refractivity contribution in [2.45, 2.75) is 17.6 Å². The van der Waals surface area contributed by atoms with E-state index in [0.29, 0.717) is 11.7 Å². The van der Waals surface area contributed by atoms with E-state index < -0.39 is 0 Å². The third-order valence-corrected chi connectivity index (χ3v) is 4.30. The zero-order valence-corrected chi connectivity index (χ0v) is 12.7. The van der Waals surface area contributed by atoms with Crippen LogP contribution in [0.25, 0.3) is 0 Å². The fourth-order valence-electron chi connectivity index (χ4n) is 1.37. The highest BCUT2D eigenvalue weighted by Gasteiger charge is 2.08. The molecule has 0 radical (unpaired) electrons. The number of hydrogen-bond donors (Lipinski definition) is 1. The summed E-state index contributed by atoms with van der Waals surface area (Å²) in [6, 6.07) is 10.1. The van der Waals surface area contributed by atoms with Crippen LogP contribution < -0.4 is 5.32 Å². The molecule has 1 amide bonds. The van der Waals surface area contributed by atoms with E-state index in [9.17, 15) is 4.79 Å². The summed E-state index contributed by atoms with van der Waals surface area (Å²) in [7, 11) is 0. The van der Waals surface area contributed by atoms with Gasteiger partial charge < -0.3 is 4.74 Å². The Kier molecular flexibility index (Phi) is 5.97. The van der Waals surface area contributed by atoms with Gasteiger partial charge in [-0.15, -0.1) is 22.0 Å². The van der Waals surface area contributed by atoms with Gasteiger partial charge in [-0.05, 0) is 19.1 Å². The Morgan fingerprint density at radius 3 is 2.90 bits per heavy atom. The maximum atomic E-state index is 11.5. The summed E-state index contributed by atoms with van der Waals surface area (Å²) < 4.78 is 5.02. The van der Waals surface area contributed by atoms with Crippen LogP contribution in [0.15, 0.2) is 35.2 Å². The normalized spacial score (nSPS) is 10.4. The number of ether oxygens (including phenoxy) is 1. The molecule has 0 bridgehead atoms. The molecule has 1 N–H and O–H groups in total. The van der Waals surface area contributed by atoms with Crippen LogP contribution in [0.3, 0.4) is 0 Å². The largest absolute Gasteiger partial charge is 0.372 e. The topological polar surface area (TPSA) is 64.1 Å². The lowest BCUT2D eigenvalue weighted by atomic mass is 10.4. The van der Waals surface area contributed by atoms with Gasteiger partial charge >= 0.3 is 0 Å². The van der Waals surface area contributed by atoms with Gasteiger partial charge in [-0.2, -0.15) is 0 Å². The van der Waals surface area contributed by atoms with Gasteiger partial charge in [0.15, 0.2) is 0 Å². The molecule has 0 fully saturated rings. The van der Waals surface area contributed by atoms with Gasteiger partial charge in [0.1, 0.15) is 11.6 Å². The van der Waals surface area contributed by atoms with E-state index in [1.165, 1.54) is 16.2 Å². The van der Waals surface area contributed by atoms with E-state index in [0.717, 1.165) is 10.8 Å². The third-order valence-electron chi connectivity index (χ3n) is 2.26. The summed E-state index contributed by atoms with van der Waals surface area (Å²) in [4.78, 5) is 12.6. The molecule has 2 aromatic rings. The molecule has 20 heavy (non-hydrogen) atoms. The minimum Gasteiger partial charge on any atom is -0.372 e. The van der Waals surface area contributed by atoms with E-state index in [-0.39, 0.29) is 12.5 Å². The van der Waals surface area contributed by atoms with Crippen molar-refractivity contribution in [1.82, 2.24) is 10.2 Å². The first kappa shape index (κ1) is 15.0. The minimum absolute atomic E-state index is 0.0458. The van der Waals surface area contributed by atoms with Crippen LogP contribution in [0, 0.1) is 0 Å². The average Bonchev–Trinajstić information content (AvgIpc) is 2.91. The zero-order chi connectivity index (χ0) is 14.2. The van der Waals surface area contributed by atoms with E-state index in [4.69, 9.17) is 4.74 Å². The van der Waals surface area contributed by atoms with Crippen molar-refractivity contribution in [2.75, 3.05) is 18.5 Å². The van der Waals surface area contributed by atoms with Gasteiger partial charge in [0.2, 0.25) is 5.13 Å². The van der Waals surface area contributed by atoms with E-state index >= 15 is 0 Å². The number of carbonyl (C=O) groups is 1. The highest BCUT2D eigenvalue weighted by Crippen LogP contribution is 2.25. The SMILES string of the molecule is CCOCC(=O)Nc1nnc(CSc2ccccc2)s1. The quantitative estimate of drug-likeness (QED) is 0.797. The number of nitrogens with one attached hydrogen (secondary N) is 1. The molecule has 0 aliphatic carbocycles. The number of aromatic nitrogens is 2. The Morgan fingerprint density at radius 1 is 1.35 bits per heavy atom. The second kappa shape index (κ2) is 7.98. The summed E-state index contributed by atoms with van der Waals surface area (Å²) in [5.41, 5.74) is 0. The molecule has 0 saturated carbocycles. The Bertz CT molecular complexity index is 546. The summed E-state index contributed by atoms with van der Waals surface area (Å²) >= 11 is 3.07. The van der Waals surface area contributed by atoms with Crippen molar-refractivity contribution >= 4 is 34.1 Å².